The number of aliphatic carboxylic acids is 1. The van der Waals surface area contributed by atoms with Crippen LogP contribution in [-0.4, -0.2) is 64.5 Å². The second kappa shape index (κ2) is 16.0. The maximum Gasteiger partial charge on any atom is 0.326 e. The Kier molecular flexibility index (Phi) is 13.1. The van der Waals surface area contributed by atoms with Crippen LogP contribution in [0.2, 0.25) is 0 Å². The van der Waals surface area contributed by atoms with Crippen molar-refractivity contribution in [2.24, 2.45) is 23.3 Å². The standard InChI is InChI=1S/C29H46N6O5/c1-17(2)13-21(31)26(36)34-24(15-19-16-32-22-10-6-5-9-20(19)22)28(38)33-23(11-7-8-12-30)27(37)35-25(29(39)40)14-18(3)4/h5-6,9-10,16-18,21,23-25,32H,7-8,11-15,30-31H2,1-4H3,(H,33,38)(H,34,36)(H,35,37)(H,39,40)/t21-,23-,24-,25-/m0/s1. The molecule has 4 atom stereocenters. The summed E-state index contributed by atoms with van der Waals surface area (Å²) in [6.07, 6.45) is 4.10. The number of unbranched alkanes of at least 4 members (excludes halogenated alkanes) is 1. The van der Waals surface area contributed by atoms with E-state index in [1.54, 1.807) is 6.20 Å². The van der Waals surface area contributed by atoms with Gasteiger partial charge in [0.25, 0.3) is 0 Å². The molecule has 11 nitrogen and oxygen atoms in total. The average Bonchev–Trinajstić information content (AvgIpc) is 3.29. The number of hydrogen-bond acceptors (Lipinski definition) is 6. The first-order valence-electron chi connectivity index (χ1n) is 14.1. The number of nitrogens with two attached hydrogens (primary N) is 2. The number of carbonyl (C=O) groups excluding carboxylic acids is 3. The highest BCUT2D eigenvalue weighted by Crippen LogP contribution is 2.19. The van der Waals surface area contributed by atoms with Gasteiger partial charge in [-0.25, -0.2) is 4.79 Å². The molecule has 2 rings (SSSR count). The zero-order valence-corrected chi connectivity index (χ0v) is 24.0. The summed E-state index contributed by atoms with van der Waals surface area (Å²) in [7, 11) is 0. The molecular formula is C29H46N6O5. The zero-order chi connectivity index (χ0) is 29.8. The van der Waals surface area contributed by atoms with Gasteiger partial charge in [-0.1, -0.05) is 45.9 Å². The minimum absolute atomic E-state index is 0.0393. The van der Waals surface area contributed by atoms with E-state index in [0.717, 1.165) is 16.5 Å². The maximum absolute atomic E-state index is 13.6. The second-order valence-electron chi connectivity index (χ2n) is 11.2. The van der Waals surface area contributed by atoms with Gasteiger partial charge < -0.3 is 37.5 Å². The van der Waals surface area contributed by atoms with Crippen molar-refractivity contribution in [3.05, 3.63) is 36.0 Å². The Morgan fingerprint density at radius 2 is 1.45 bits per heavy atom. The number of aromatic amines is 1. The topological polar surface area (TPSA) is 192 Å². The maximum atomic E-state index is 13.6. The van der Waals surface area contributed by atoms with Crippen molar-refractivity contribution >= 4 is 34.6 Å². The van der Waals surface area contributed by atoms with E-state index in [4.69, 9.17) is 11.5 Å². The number of amides is 3. The van der Waals surface area contributed by atoms with Crippen molar-refractivity contribution in [3.8, 4) is 0 Å². The highest BCUT2D eigenvalue weighted by Gasteiger charge is 2.31. The van der Waals surface area contributed by atoms with Gasteiger partial charge in [0, 0.05) is 23.5 Å². The van der Waals surface area contributed by atoms with E-state index < -0.39 is 47.9 Å². The molecule has 1 heterocycles. The van der Waals surface area contributed by atoms with Gasteiger partial charge in [-0.3, -0.25) is 14.4 Å². The summed E-state index contributed by atoms with van der Waals surface area (Å²) < 4.78 is 0. The lowest BCUT2D eigenvalue weighted by Crippen LogP contribution is -2.57. The van der Waals surface area contributed by atoms with Crippen LogP contribution in [0.3, 0.4) is 0 Å². The molecule has 0 aliphatic heterocycles. The van der Waals surface area contributed by atoms with Crippen molar-refractivity contribution < 1.29 is 24.3 Å². The highest BCUT2D eigenvalue weighted by molar-refractivity contribution is 5.94. The number of hydrogen-bond donors (Lipinski definition) is 7. The molecule has 1 aromatic heterocycles. The van der Waals surface area contributed by atoms with Gasteiger partial charge in [0.05, 0.1) is 6.04 Å². The lowest BCUT2D eigenvalue weighted by molar-refractivity contribution is -0.142. The molecule has 0 saturated heterocycles. The quantitative estimate of drug-likeness (QED) is 0.144. The third-order valence-corrected chi connectivity index (χ3v) is 6.70. The van der Waals surface area contributed by atoms with E-state index in [1.807, 2.05) is 52.0 Å². The molecule has 11 heteroatoms. The Morgan fingerprint density at radius 3 is 2.08 bits per heavy atom. The number of carboxylic acids is 1. The fourth-order valence-corrected chi connectivity index (χ4v) is 4.62. The normalized spacial score (nSPS) is 14.5. The molecule has 40 heavy (non-hydrogen) atoms. The number of benzene rings is 1. The van der Waals surface area contributed by atoms with Gasteiger partial charge in [0.15, 0.2) is 0 Å². The number of aromatic nitrogens is 1. The molecule has 0 saturated carbocycles. The SMILES string of the molecule is CC(C)C[C@H](NC(=O)[C@H](CCCCN)NC(=O)[C@H](Cc1c[nH]c2ccccc12)NC(=O)[C@@H](N)CC(C)C)C(=O)O. The summed E-state index contributed by atoms with van der Waals surface area (Å²) in [5.41, 5.74) is 13.4. The van der Waals surface area contributed by atoms with E-state index in [0.29, 0.717) is 25.8 Å². The molecule has 1 aromatic carbocycles. The van der Waals surface area contributed by atoms with Crippen LogP contribution in [0.1, 0.15) is 65.4 Å². The minimum Gasteiger partial charge on any atom is -0.480 e. The lowest BCUT2D eigenvalue weighted by Gasteiger charge is -2.26. The molecule has 0 unspecified atom stereocenters. The number of carboxylic acid groups (broad SMARTS) is 1. The Morgan fingerprint density at radius 1 is 0.850 bits per heavy atom. The van der Waals surface area contributed by atoms with Crippen LogP contribution in [0, 0.1) is 11.8 Å². The summed E-state index contributed by atoms with van der Waals surface area (Å²) in [6, 6.07) is 3.73. The Hall–Kier alpha value is -3.44. The van der Waals surface area contributed by atoms with Gasteiger partial charge >= 0.3 is 5.97 Å². The van der Waals surface area contributed by atoms with Gasteiger partial charge in [0.2, 0.25) is 17.7 Å². The molecule has 0 bridgehead atoms. The van der Waals surface area contributed by atoms with Crippen LogP contribution < -0.4 is 27.4 Å². The molecule has 0 fully saturated rings. The largest absolute Gasteiger partial charge is 0.480 e. The van der Waals surface area contributed by atoms with E-state index in [1.165, 1.54) is 0 Å². The van der Waals surface area contributed by atoms with E-state index in [2.05, 4.69) is 20.9 Å². The van der Waals surface area contributed by atoms with Crippen LogP contribution >= 0.6 is 0 Å². The Balaban J connectivity index is 2.30. The van der Waals surface area contributed by atoms with Crippen molar-refractivity contribution in [2.75, 3.05) is 6.54 Å². The summed E-state index contributed by atoms with van der Waals surface area (Å²) in [5, 5.41) is 18.6. The van der Waals surface area contributed by atoms with Crippen molar-refractivity contribution in [1.29, 1.82) is 0 Å². The van der Waals surface area contributed by atoms with Crippen molar-refractivity contribution in [3.63, 3.8) is 0 Å². The second-order valence-corrected chi connectivity index (χ2v) is 11.2. The third-order valence-electron chi connectivity index (χ3n) is 6.70. The Labute approximate surface area is 236 Å². The van der Waals surface area contributed by atoms with E-state index in [9.17, 15) is 24.3 Å². The molecule has 0 spiro atoms. The van der Waals surface area contributed by atoms with Gasteiger partial charge in [-0.05, 0) is 62.1 Å². The van der Waals surface area contributed by atoms with E-state index in [-0.39, 0.29) is 31.1 Å². The summed E-state index contributed by atoms with van der Waals surface area (Å²) >= 11 is 0. The summed E-state index contributed by atoms with van der Waals surface area (Å²) in [6.45, 7) is 8.06. The van der Waals surface area contributed by atoms with Gasteiger partial charge in [-0.15, -0.1) is 0 Å². The number of fused-ring (bicyclic) bond motifs is 1. The van der Waals surface area contributed by atoms with E-state index >= 15 is 0 Å². The molecule has 0 aliphatic rings. The summed E-state index contributed by atoms with van der Waals surface area (Å²) in [5.74, 6) is -2.52. The number of nitrogens with one attached hydrogen (secondary N) is 4. The van der Waals surface area contributed by atoms with Crippen LogP contribution in [0.25, 0.3) is 10.9 Å². The van der Waals surface area contributed by atoms with Gasteiger partial charge in [0.1, 0.15) is 18.1 Å². The molecule has 0 radical (unpaired) electrons. The van der Waals surface area contributed by atoms with Crippen LogP contribution in [0.5, 0.6) is 0 Å². The fraction of sp³-hybridized carbons (Fsp3) is 0.586. The smallest absolute Gasteiger partial charge is 0.326 e. The monoisotopic (exact) mass is 558 g/mol. The lowest BCUT2D eigenvalue weighted by atomic mass is 10.0. The number of rotatable bonds is 17. The first-order valence-corrected chi connectivity index (χ1v) is 14.1. The third kappa shape index (κ3) is 10.3. The van der Waals surface area contributed by atoms with Crippen LogP contribution in [0.4, 0.5) is 0 Å². The summed E-state index contributed by atoms with van der Waals surface area (Å²) in [4.78, 5) is 54.7. The number of para-hydroxylation sites is 1. The van der Waals surface area contributed by atoms with Crippen molar-refractivity contribution in [2.45, 2.75) is 90.4 Å². The van der Waals surface area contributed by atoms with Crippen molar-refractivity contribution in [1.82, 2.24) is 20.9 Å². The Bertz CT molecular complexity index is 1130. The first-order chi connectivity index (χ1) is 18.9. The number of carbonyl (C=O) groups is 4. The average molecular weight is 559 g/mol. The fourth-order valence-electron chi connectivity index (χ4n) is 4.62. The first kappa shape index (κ1) is 32.8. The molecule has 2 aromatic rings. The predicted molar refractivity (Wildman–Crippen MR) is 155 cm³/mol. The molecule has 0 aliphatic carbocycles. The van der Waals surface area contributed by atoms with Crippen LogP contribution in [0.15, 0.2) is 30.5 Å². The van der Waals surface area contributed by atoms with Gasteiger partial charge in [-0.2, -0.15) is 0 Å². The minimum atomic E-state index is -1.14. The highest BCUT2D eigenvalue weighted by atomic mass is 16.4. The predicted octanol–water partition coefficient (Wildman–Crippen LogP) is 1.80. The zero-order valence-electron chi connectivity index (χ0n) is 24.0. The molecular weight excluding hydrogens is 512 g/mol. The molecule has 222 valence electrons. The molecule has 3 amide bonds. The molecule has 9 N–H and O–H groups in total. The van der Waals surface area contributed by atoms with Crippen LogP contribution in [-0.2, 0) is 25.6 Å². The number of H-pyrrole nitrogens is 1.